The molecule has 1 atom stereocenters. The van der Waals surface area contributed by atoms with E-state index in [2.05, 4.69) is 40.1 Å². The van der Waals surface area contributed by atoms with Crippen LogP contribution in [0.3, 0.4) is 0 Å². The quantitative estimate of drug-likeness (QED) is 0.597. The van der Waals surface area contributed by atoms with Crippen LogP contribution in [-0.2, 0) is 4.79 Å². The second-order valence-electron chi connectivity index (χ2n) is 5.10. The van der Waals surface area contributed by atoms with Gasteiger partial charge in [0.2, 0.25) is 5.91 Å². The molecular weight excluding hydrogens is 284 g/mol. The molecule has 0 spiro atoms. The van der Waals surface area contributed by atoms with Crippen LogP contribution in [0.4, 0.5) is 0 Å². The number of guanidine groups is 1. The summed E-state index contributed by atoms with van der Waals surface area (Å²) in [5.74, 6) is 1.29. The van der Waals surface area contributed by atoms with Crippen molar-refractivity contribution in [1.82, 2.24) is 15.5 Å². The first-order valence-corrected chi connectivity index (χ1v) is 8.18. The minimum atomic E-state index is 0.116. The number of rotatable bonds is 7. The van der Waals surface area contributed by atoms with Gasteiger partial charge in [0.25, 0.3) is 0 Å². The molecule has 1 amide bonds. The fourth-order valence-electron chi connectivity index (χ4n) is 1.74. The summed E-state index contributed by atoms with van der Waals surface area (Å²) in [5, 5.41) is 8.49. The minimum Gasteiger partial charge on any atom is -0.357 e. The van der Waals surface area contributed by atoms with Gasteiger partial charge in [-0.3, -0.25) is 9.79 Å². The third-order valence-corrected chi connectivity index (χ3v) is 4.13. The Kier molecular flexibility index (Phi) is 7.82. The normalized spacial score (nSPS) is 12.9. The van der Waals surface area contributed by atoms with Crippen molar-refractivity contribution in [1.29, 1.82) is 0 Å². The van der Waals surface area contributed by atoms with Gasteiger partial charge >= 0.3 is 0 Å². The zero-order chi connectivity index (χ0) is 15.7. The Labute approximate surface area is 131 Å². The molecule has 0 aliphatic rings. The highest BCUT2D eigenvalue weighted by Crippen LogP contribution is 2.20. The van der Waals surface area contributed by atoms with Crippen LogP contribution in [0.2, 0.25) is 0 Å². The Morgan fingerprint density at radius 2 is 2.19 bits per heavy atom. The number of hydrogen-bond acceptors (Lipinski definition) is 3. The predicted octanol–water partition coefficient (Wildman–Crippen LogP) is 1.89. The van der Waals surface area contributed by atoms with Crippen LogP contribution in [0.1, 0.15) is 31.1 Å². The Hall–Kier alpha value is -1.56. The van der Waals surface area contributed by atoms with Crippen LogP contribution >= 0.6 is 11.3 Å². The molecule has 6 heteroatoms. The van der Waals surface area contributed by atoms with E-state index >= 15 is 0 Å². The lowest BCUT2D eigenvalue weighted by Crippen LogP contribution is -2.39. The van der Waals surface area contributed by atoms with Crippen LogP contribution in [-0.4, -0.2) is 50.5 Å². The van der Waals surface area contributed by atoms with Gasteiger partial charge in [-0.1, -0.05) is 13.0 Å². The lowest BCUT2D eigenvalue weighted by atomic mass is 10.1. The Balaban J connectivity index is 2.44. The Morgan fingerprint density at radius 1 is 1.43 bits per heavy atom. The average molecular weight is 310 g/mol. The van der Waals surface area contributed by atoms with Crippen molar-refractivity contribution in [2.75, 3.05) is 33.7 Å². The van der Waals surface area contributed by atoms with Crippen LogP contribution < -0.4 is 10.6 Å². The fraction of sp³-hybridized carbons (Fsp3) is 0.600. The zero-order valence-corrected chi connectivity index (χ0v) is 14.2. The maximum Gasteiger partial charge on any atom is 0.223 e. The summed E-state index contributed by atoms with van der Waals surface area (Å²) in [7, 11) is 3.54. The third kappa shape index (κ3) is 6.62. The SMILES string of the molecule is CCNC(=NCC(C)c1cccs1)NCCC(=O)N(C)C. The van der Waals surface area contributed by atoms with Crippen molar-refractivity contribution >= 4 is 23.2 Å². The molecule has 0 bridgehead atoms. The van der Waals surface area contributed by atoms with Gasteiger partial charge < -0.3 is 15.5 Å². The maximum absolute atomic E-state index is 11.5. The van der Waals surface area contributed by atoms with Crippen LogP contribution in [0, 0.1) is 0 Å². The number of thiophene rings is 1. The molecule has 1 aromatic rings. The van der Waals surface area contributed by atoms with Gasteiger partial charge in [-0.05, 0) is 18.4 Å². The molecule has 1 heterocycles. The smallest absolute Gasteiger partial charge is 0.223 e. The second kappa shape index (κ2) is 9.39. The maximum atomic E-state index is 11.5. The molecule has 0 saturated heterocycles. The number of carbonyl (C=O) groups is 1. The van der Waals surface area contributed by atoms with Gasteiger partial charge in [-0.15, -0.1) is 11.3 Å². The van der Waals surface area contributed by atoms with E-state index in [9.17, 15) is 4.79 Å². The van der Waals surface area contributed by atoms with Crippen molar-refractivity contribution in [3.63, 3.8) is 0 Å². The van der Waals surface area contributed by atoms with Crippen molar-refractivity contribution in [2.45, 2.75) is 26.2 Å². The number of carbonyl (C=O) groups excluding carboxylic acids is 1. The first kappa shape index (κ1) is 17.5. The Bertz CT molecular complexity index is 443. The topological polar surface area (TPSA) is 56.7 Å². The van der Waals surface area contributed by atoms with Crippen molar-refractivity contribution < 1.29 is 4.79 Å². The molecule has 5 nitrogen and oxygen atoms in total. The largest absolute Gasteiger partial charge is 0.357 e. The van der Waals surface area contributed by atoms with Crippen molar-refractivity contribution in [3.8, 4) is 0 Å². The van der Waals surface area contributed by atoms with E-state index < -0.39 is 0 Å². The van der Waals surface area contributed by atoms with E-state index in [1.807, 2.05) is 6.92 Å². The molecule has 21 heavy (non-hydrogen) atoms. The number of nitrogens with zero attached hydrogens (tertiary/aromatic N) is 2. The summed E-state index contributed by atoms with van der Waals surface area (Å²) in [6.07, 6.45) is 0.470. The standard InChI is InChI=1S/C15H26N4OS/c1-5-16-15(17-9-8-14(20)19(3)4)18-11-12(2)13-7-6-10-21-13/h6-7,10,12H,5,8-9,11H2,1-4H3,(H2,16,17,18). The molecule has 2 N–H and O–H groups in total. The van der Waals surface area contributed by atoms with Crippen LogP contribution in [0.5, 0.6) is 0 Å². The molecular formula is C15H26N4OS. The highest BCUT2D eigenvalue weighted by Gasteiger charge is 2.07. The second-order valence-corrected chi connectivity index (χ2v) is 6.08. The van der Waals surface area contributed by atoms with Crippen molar-refractivity contribution in [3.05, 3.63) is 22.4 Å². The lowest BCUT2D eigenvalue weighted by Gasteiger charge is -2.14. The summed E-state index contributed by atoms with van der Waals surface area (Å²) < 4.78 is 0. The molecule has 0 radical (unpaired) electrons. The Morgan fingerprint density at radius 3 is 2.76 bits per heavy atom. The first-order valence-electron chi connectivity index (χ1n) is 7.30. The highest BCUT2D eigenvalue weighted by molar-refractivity contribution is 7.10. The molecule has 1 unspecified atom stereocenters. The van der Waals surface area contributed by atoms with E-state index in [-0.39, 0.29) is 5.91 Å². The van der Waals surface area contributed by atoms with E-state index in [1.165, 1.54) is 4.88 Å². The van der Waals surface area contributed by atoms with Crippen LogP contribution in [0.15, 0.2) is 22.5 Å². The van der Waals surface area contributed by atoms with Gasteiger partial charge in [-0.2, -0.15) is 0 Å². The molecule has 0 aromatic carbocycles. The molecule has 1 aromatic heterocycles. The van der Waals surface area contributed by atoms with Crippen molar-refractivity contribution in [2.24, 2.45) is 4.99 Å². The summed E-state index contributed by atoms with van der Waals surface area (Å²) in [5.41, 5.74) is 0. The van der Waals surface area contributed by atoms with Gasteiger partial charge in [0.15, 0.2) is 5.96 Å². The third-order valence-electron chi connectivity index (χ3n) is 3.03. The zero-order valence-electron chi connectivity index (χ0n) is 13.3. The van der Waals surface area contributed by atoms with Gasteiger partial charge in [0.1, 0.15) is 0 Å². The molecule has 118 valence electrons. The average Bonchev–Trinajstić information content (AvgIpc) is 2.98. The number of hydrogen-bond donors (Lipinski definition) is 2. The summed E-state index contributed by atoms with van der Waals surface area (Å²) >= 11 is 1.76. The van der Waals surface area contributed by atoms with Gasteiger partial charge in [0, 0.05) is 44.4 Å². The van der Waals surface area contributed by atoms with Crippen LogP contribution in [0.25, 0.3) is 0 Å². The molecule has 1 rings (SSSR count). The fourth-order valence-corrected chi connectivity index (χ4v) is 2.52. The minimum absolute atomic E-state index is 0.116. The summed E-state index contributed by atoms with van der Waals surface area (Å²) in [6.45, 7) is 6.34. The molecule has 0 aliphatic heterocycles. The number of amides is 1. The molecule has 0 fully saturated rings. The van der Waals surface area contributed by atoms with E-state index in [0.717, 1.165) is 19.0 Å². The predicted molar refractivity (Wildman–Crippen MR) is 90.0 cm³/mol. The monoisotopic (exact) mass is 310 g/mol. The van der Waals surface area contributed by atoms with E-state index in [0.29, 0.717) is 18.9 Å². The summed E-state index contributed by atoms with van der Waals surface area (Å²) in [4.78, 5) is 19.1. The molecule has 0 saturated carbocycles. The van der Waals surface area contributed by atoms with E-state index in [1.54, 1.807) is 30.3 Å². The first-order chi connectivity index (χ1) is 10.0. The summed E-state index contributed by atoms with van der Waals surface area (Å²) in [6, 6.07) is 4.21. The van der Waals surface area contributed by atoms with E-state index in [4.69, 9.17) is 0 Å². The van der Waals surface area contributed by atoms with Gasteiger partial charge in [0.05, 0.1) is 6.54 Å². The highest BCUT2D eigenvalue weighted by atomic mass is 32.1. The number of nitrogens with one attached hydrogen (secondary N) is 2. The number of aliphatic imine (C=N–C) groups is 1. The van der Waals surface area contributed by atoms with Gasteiger partial charge in [-0.25, -0.2) is 0 Å². The molecule has 0 aliphatic carbocycles. The lowest BCUT2D eigenvalue weighted by molar-refractivity contribution is -0.128.